The number of benzene rings is 2. The second-order valence-electron chi connectivity index (χ2n) is 7.62. The summed E-state index contributed by atoms with van der Waals surface area (Å²) in [4.78, 5) is 27.6. The summed E-state index contributed by atoms with van der Waals surface area (Å²) in [7, 11) is 4.45. The Morgan fingerprint density at radius 2 is 1.73 bits per heavy atom. The van der Waals surface area contributed by atoms with Crippen LogP contribution in [0.15, 0.2) is 42.0 Å². The lowest BCUT2D eigenvalue weighted by molar-refractivity contribution is -0.140. The molecule has 1 unspecified atom stereocenters. The van der Waals surface area contributed by atoms with Gasteiger partial charge in [0.2, 0.25) is 0 Å². The number of nitrogens with zero attached hydrogens (tertiary/aromatic N) is 1. The maximum Gasteiger partial charge on any atom is 0.295 e. The summed E-state index contributed by atoms with van der Waals surface area (Å²) >= 11 is 6.20. The fourth-order valence-electron chi connectivity index (χ4n) is 3.96. The summed E-state index contributed by atoms with van der Waals surface area (Å²) in [5, 5.41) is 11.6. The van der Waals surface area contributed by atoms with Crippen LogP contribution in [0.1, 0.15) is 36.1 Å². The van der Waals surface area contributed by atoms with E-state index in [0.717, 1.165) is 17.5 Å². The van der Waals surface area contributed by atoms with Gasteiger partial charge in [-0.05, 0) is 30.0 Å². The lowest BCUT2D eigenvalue weighted by Gasteiger charge is -2.25. The fraction of sp³-hybridized carbons (Fsp3) is 0.360. The molecular weight excluding hydrogens is 446 g/mol. The van der Waals surface area contributed by atoms with E-state index in [4.69, 9.17) is 25.8 Å². The van der Waals surface area contributed by atoms with Crippen molar-refractivity contribution in [3.63, 3.8) is 0 Å². The normalized spacial score (nSPS) is 17.5. The molecule has 0 aliphatic carbocycles. The Labute approximate surface area is 198 Å². The molecule has 7 nitrogen and oxygen atoms in total. The Balaban J connectivity index is 2.20. The molecule has 0 spiro atoms. The summed E-state index contributed by atoms with van der Waals surface area (Å²) in [5.41, 5.74) is 2.05. The van der Waals surface area contributed by atoms with E-state index in [0.29, 0.717) is 25.3 Å². The van der Waals surface area contributed by atoms with Crippen LogP contribution < -0.4 is 9.47 Å². The van der Waals surface area contributed by atoms with E-state index in [-0.39, 0.29) is 27.7 Å². The molecule has 1 fully saturated rings. The first-order valence-corrected chi connectivity index (χ1v) is 11.0. The second kappa shape index (κ2) is 10.7. The number of aliphatic hydroxyl groups is 1. The van der Waals surface area contributed by atoms with Gasteiger partial charge in [-0.3, -0.25) is 9.59 Å². The highest BCUT2D eigenvalue weighted by atomic mass is 35.5. The monoisotopic (exact) mass is 473 g/mol. The average Bonchev–Trinajstić information content (AvgIpc) is 3.08. The Morgan fingerprint density at radius 1 is 1.06 bits per heavy atom. The minimum absolute atomic E-state index is 0.00987. The zero-order chi connectivity index (χ0) is 24.1. The molecule has 0 saturated carbocycles. The number of hydrogen-bond acceptors (Lipinski definition) is 6. The lowest BCUT2D eigenvalue weighted by atomic mass is 9.94. The number of ketones is 1. The molecule has 1 atom stereocenters. The van der Waals surface area contributed by atoms with Gasteiger partial charge in [-0.15, -0.1) is 0 Å². The predicted octanol–water partition coefficient (Wildman–Crippen LogP) is 4.38. The molecule has 2 aromatic rings. The van der Waals surface area contributed by atoms with Gasteiger partial charge in [-0.1, -0.05) is 42.8 Å². The second-order valence-corrected chi connectivity index (χ2v) is 8.03. The Kier molecular flexibility index (Phi) is 8.00. The summed E-state index contributed by atoms with van der Waals surface area (Å²) in [6.07, 6.45) is 1.40. The molecule has 176 valence electrons. The number of likely N-dealkylation sites (tertiary alicyclic amines) is 1. The SMILES string of the molecule is CCc1ccc(C2/C(=C(\O)c3cc(OC)c(Cl)cc3OC)C(=O)C(=O)N2CCCOC)cc1. The molecule has 3 rings (SSSR count). The first-order chi connectivity index (χ1) is 15.9. The lowest BCUT2D eigenvalue weighted by Crippen LogP contribution is -2.31. The highest BCUT2D eigenvalue weighted by molar-refractivity contribution is 6.46. The third kappa shape index (κ3) is 4.84. The van der Waals surface area contributed by atoms with Crippen molar-refractivity contribution < 1.29 is 28.9 Å². The van der Waals surface area contributed by atoms with Crippen LogP contribution in [0, 0.1) is 0 Å². The van der Waals surface area contributed by atoms with Gasteiger partial charge in [0.25, 0.3) is 11.7 Å². The van der Waals surface area contributed by atoms with Crippen molar-refractivity contribution in [3.05, 3.63) is 63.7 Å². The van der Waals surface area contributed by atoms with Crippen molar-refractivity contribution in [1.29, 1.82) is 0 Å². The van der Waals surface area contributed by atoms with Crippen molar-refractivity contribution in [3.8, 4) is 11.5 Å². The number of hydrogen-bond donors (Lipinski definition) is 1. The van der Waals surface area contributed by atoms with Crippen LogP contribution in [-0.4, -0.2) is 56.2 Å². The van der Waals surface area contributed by atoms with Gasteiger partial charge < -0.3 is 24.2 Å². The van der Waals surface area contributed by atoms with Gasteiger partial charge in [-0.25, -0.2) is 0 Å². The predicted molar refractivity (Wildman–Crippen MR) is 126 cm³/mol. The molecule has 1 heterocycles. The molecule has 0 radical (unpaired) electrons. The standard InChI is InChI=1S/C25H28ClNO6/c1-5-15-7-9-16(10-8-15)22-21(24(29)25(30)27(22)11-6-12-31-2)23(28)17-13-20(33-4)18(26)14-19(17)32-3/h7-10,13-14,22,28H,5-6,11-12H2,1-4H3/b23-21+. The molecule has 1 saturated heterocycles. The summed E-state index contributed by atoms with van der Waals surface area (Å²) in [5.74, 6) is -1.22. The molecule has 1 aliphatic rings. The summed E-state index contributed by atoms with van der Waals surface area (Å²) < 4.78 is 15.8. The van der Waals surface area contributed by atoms with Crippen molar-refractivity contribution in [1.82, 2.24) is 4.90 Å². The molecule has 1 N–H and O–H groups in total. The van der Waals surface area contributed by atoms with Crippen LogP contribution in [0.5, 0.6) is 11.5 Å². The maximum atomic E-state index is 13.2. The number of aliphatic hydroxyl groups excluding tert-OH is 1. The number of carbonyl (C=O) groups excluding carboxylic acids is 2. The first kappa shape index (κ1) is 24.6. The highest BCUT2D eigenvalue weighted by Gasteiger charge is 2.46. The smallest absolute Gasteiger partial charge is 0.295 e. The third-order valence-corrected chi connectivity index (χ3v) is 6.02. The highest BCUT2D eigenvalue weighted by Crippen LogP contribution is 2.43. The fourth-order valence-corrected chi connectivity index (χ4v) is 4.19. The minimum Gasteiger partial charge on any atom is -0.507 e. The molecule has 2 aromatic carbocycles. The van der Waals surface area contributed by atoms with Crippen molar-refractivity contribution in [2.24, 2.45) is 0 Å². The van der Waals surface area contributed by atoms with Crippen LogP contribution in [-0.2, 0) is 20.7 Å². The van der Waals surface area contributed by atoms with E-state index in [2.05, 4.69) is 0 Å². The van der Waals surface area contributed by atoms with E-state index < -0.39 is 17.7 Å². The molecule has 33 heavy (non-hydrogen) atoms. The minimum atomic E-state index is -0.759. The summed E-state index contributed by atoms with van der Waals surface area (Å²) in [6.45, 7) is 2.79. The zero-order valence-electron chi connectivity index (χ0n) is 19.2. The Hall–Kier alpha value is -3.03. The van der Waals surface area contributed by atoms with Crippen LogP contribution in [0.4, 0.5) is 0 Å². The van der Waals surface area contributed by atoms with E-state index in [1.54, 1.807) is 7.11 Å². The van der Waals surface area contributed by atoms with E-state index in [1.807, 2.05) is 31.2 Å². The van der Waals surface area contributed by atoms with Crippen LogP contribution in [0.25, 0.3) is 5.76 Å². The van der Waals surface area contributed by atoms with Gasteiger partial charge in [-0.2, -0.15) is 0 Å². The summed E-state index contributed by atoms with van der Waals surface area (Å²) in [6, 6.07) is 9.91. The van der Waals surface area contributed by atoms with Crippen molar-refractivity contribution in [2.75, 3.05) is 34.5 Å². The maximum absolute atomic E-state index is 13.2. The van der Waals surface area contributed by atoms with Crippen LogP contribution >= 0.6 is 11.6 Å². The topological polar surface area (TPSA) is 85.3 Å². The molecular formula is C25H28ClNO6. The zero-order valence-corrected chi connectivity index (χ0v) is 19.9. The van der Waals surface area contributed by atoms with E-state index >= 15 is 0 Å². The van der Waals surface area contributed by atoms with Crippen LogP contribution in [0.2, 0.25) is 5.02 Å². The Morgan fingerprint density at radius 3 is 2.30 bits per heavy atom. The number of methoxy groups -OCH3 is 3. The number of amides is 1. The van der Waals surface area contributed by atoms with Gasteiger partial charge in [0.1, 0.15) is 17.3 Å². The number of aryl methyl sites for hydroxylation is 1. The molecule has 0 bridgehead atoms. The molecule has 1 aliphatic heterocycles. The van der Waals surface area contributed by atoms with Gasteiger partial charge in [0.05, 0.1) is 36.4 Å². The molecule has 8 heteroatoms. The first-order valence-electron chi connectivity index (χ1n) is 10.7. The number of halogens is 1. The third-order valence-electron chi connectivity index (χ3n) is 5.72. The van der Waals surface area contributed by atoms with Crippen molar-refractivity contribution in [2.45, 2.75) is 25.8 Å². The van der Waals surface area contributed by atoms with Crippen molar-refractivity contribution >= 4 is 29.1 Å². The Bertz CT molecular complexity index is 1060. The number of carbonyl (C=O) groups is 2. The molecule has 1 amide bonds. The number of rotatable bonds is 9. The quantitative estimate of drug-likeness (QED) is 0.252. The molecule has 0 aromatic heterocycles. The van der Waals surface area contributed by atoms with Gasteiger partial charge in [0, 0.05) is 26.3 Å². The van der Waals surface area contributed by atoms with Gasteiger partial charge >= 0.3 is 0 Å². The number of Topliss-reactive ketones (excluding diaryl/α,β-unsaturated/α-hetero) is 1. The number of ether oxygens (including phenoxy) is 3. The van der Waals surface area contributed by atoms with E-state index in [1.165, 1.54) is 31.3 Å². The average molecular weight is 474 g/mol. The van der Waals surface area contributed by atoms with Crippen LogP contribution in [0.3, 0.4) is 0 Å². The van der Waals surface area contributed by atoms with E-state index in [9.17, 15) is 14.7 Å². The largest absolute Gasteiger partial charge is 0.507 e. The van der Waals surface area contributed by atoms with Gasteiger partial charge in [0.15, 0.2) is 0 Å².